The van der Waals surface area contributed by atoms with Crippen molar-refractivity contribution in [1.29, 1.82) is 0 Å². The summed E-state index contributed by atoms with van der Waals surface area (Å²) in [5.74, 6) is 0.632. The molecule has 0 bridgehead atoms. The van der Waals surface area contributed by atoms with Gasteiger partial charge in [-0.2, -0.15) is 0 Å². The van der Waals surface area contributed by atoms with Gasteiger partial charge in [-0.05, 0) is 128 Å². The molecule has 47 heavy (non-hydrogen) atoms. The lowest BCUT2D eigenvalue weighted by Crippen LogP contribution is -2.33. The van der Waals surface area contributed by atoms with E-state index in [1.807, 2.05) is 30.3 Å². The fourth-order valence-electron chi connectivity index (χ4n) is 5.37. The SMILES string of the molecule is Cc1ccc(SNC2CCC(Oc3ccc4cc(Oc5ccc(C(=O)Nc6ccccc6C(=O)O)cc5)ccc4c3)CC2)cc1.O=O. The third-order valence-electron chi connectivity index (χ3n) is 7.88. The minimum atomic E-state index is -1.10. The lowest BCUT2D eigenvalue weighted by molar-refractivity contribution is 0.0698. The summed E-state index contributed by atoms with van der Waals surface area (Å²) < 4.78 is 16.1. The molecule has 0 heterocycles. The monoisotopic (exact) mass is 650 g/mol. The number of benzene rings is 5. The summed E-state index contributed by atoms with van der Waals surface area (Å²) >= 11 is 1.71. The maximum Gasteiger partial charge on any atom is 0.337 e. The molecule has 0 unspecified atom stereocenters. The maximum absolute atomic E-state index is 12.7. The van der Waals surface area contributed by atoms with Crippen LogP contribution in [0.5, 0.6) is 17.2 Å². The number of carbonyl (C=O) groups excluding carboxylic acids is 1. The molecular formula is C37H34N2O7S. The molecule has 0 radical (unpaired) electrons. The number of amides is 1. The number of ether oxygens (including phenoxy) is 2. The molecule has 3 N–H and O–H groups in total. The molecular weight excluding hydrogens is 616 g/mol. The summed E-state index contributed by atoms with van der Waals surface area (Å²) in [6.07, 6.45) is 4.43. The van der Waals surface area contributed by atoms with E-state index in [2.05, 4.69) is 47.3 Å². The van der Waals surface area contributed by atoms with Gasteiger partial charge < -0.3 is 19.9 Å². The van der Waals surface area contributed by atoms with Gasteiger partial charge in [0.25, 0.3) is 5.91 Å². The van der Waals surface area contributed by atoms with Crippen molar-refractivity contribution in [3.63, 3.8) is 0 Å². The fraction of sp³-hybridized carbons (Fsp3) is 0.189. The topological polar surface area (TPSA) is 131 Å². The van der Waals surface area contributed by atoms with E-state index in [-0.39, 0.29) is 17.4 Å². The number of carbonyl (C=O) groups is 2. The van der Waals surface area contributed by atoms with E-state index in [1.165, 1.54) is 16.5 Å². The van der Waals surface area contributed by atoms with Crippen LogP contribution in [0.3, 0.4) is 0 Å². The smallest absolute Gasteiger partial charge is 0.337 e. The van der Waals surface area contributed by atoms with Gasteiger partial charge in [-0.25, -0.2) is 4.79 Å². The van der Waals surface area contributed by atoms with Crippen LogP contribution in [-0.4, -0.2) is 29.1 Å². The Morgan fingerprint density at radius 2 is 1.36 bits per heavy atom. The number of fused-ring (bicyclic) bond motifs is 1. The third kappa shape index (κ3) is 8.96. The number of hydrogen-bond donors (Lipinski definition) is 3. The molecule has 0 spiro atoms. The van der Waals surface area contributed by atoms with Crippen LogP contribution in [0.2, 0.25) is 0 Å². The first-order valence-corrected chi connectivity index (χ1v) is 16.0. The Balaban J connectivity index is 0.00000213. The lowest BCUT2D eigenvalue weighted by Gasteiger charge is -2.29. The second kappa shape index (κ2) is 15.9. The molecule has 5 aromatic rings. The first-order chi connectivity index (χ1) is 22.9. The van der Waals surface area contributed by atoms with E-state index in [0.29, 0.717) is 23.1 Å². The average molecular weight is 651 g/mol. The molecule has 1 aliphatic carbocycles. The van der Waals surface area contributed by atoms with Crippen molar-refractivity contribution in [2.75, 3.05) is 5.32 Å². The van der Waals surface area contributed by atoms with Crippen molar-refractivity contribution in [1.82, 2.24) is 4.72 Å². The van der Waals surface area contributed by atoms with Gasteiger partial charge >= 0.3 is 5.97 Å². The van der Waals surface area contributed by atoms with Crippen molar-refractivity contribution in [2.24, 2.45) is 0 Å². The van der Waals surface area contributed by atoms with Gasteiger partial charge in [-0.15, -0.1) is 0 Å². The summed E-state index contributed by atoms with van der Waals surface area (Å²) in [7, 11) is 0. The van der Waals surface area contributed by atoms with Crippen molar-refractivity contribution in [3.05, 3.63) is 136 Å². The number of carboxylic acid groups (broad SMARTS) is 1. The normalized spacial score (nSPS) is 15.6. The second-order valence-corrected chi connectivity index (χ2v) is 12.1. The number of hydrogen-bond acceptors (Lipinski definition) is 8. The standard InChI is InChI=1S/C37H34N2O5S.O2/c1-24-6-20-33(21-7-24)45-39-28-12-18-30(19-13-28)44-32-17-11-26-22-31(16-10-27(26)23-32)43-29-14-8-25(9-15-29)36(40)38-35-5-3-2-4-34(35)37(41)42;1-2/h2-11,14-17,20-23,28,30,39H,12-13,18-19H2,1H3,(H,38,40)(H,41,42);. The summed E-state index contributed by atoms with van der Waals surface area (Å²) in [6.45, 7) is 2.10. The highest BCUT2D eigenvalue weighted by Crippen LogP contribution is 2.31. The number of para-hydroxylation sites is 1. The minimum Gasteiger partial charge on any atom is -0.490 e. The Hall–Kier alpha value is -5.19. The van der Waals surface area contributed by atoms with Gasteiger partial charge in [0.2, 0.25) is 0 Å². The summed E-state index contributed by atoms with van der Waals surface area (Å²) in [5.41, 5.74) is 1.94. The van der Waals surface area contributed by atoms with E-state index in [4.69, 9.17) is 19.4 Å². The molecule has 5 aromatic carbocycles. The van der Waals surface area contributed by atoms with E-state index in [0.717, 1.165) is 42.2 Å². The number of carboxylic acids is 1. The number of nitrogens with one attached hydrogen (secondary N) is 2. The predicted octanol–water partition coefficient (Wildman–Crippen LogP) is 8.94. The highest BCUT2D eigenvalue weighted by molar-refractivity contribution is 7.97. The van der Waals surface area contributed by atoms with Gasteiger partial charge in [0.15, 0.2) is 0 Å². The molecule has 6 rings (SSSR count). The third-order valence-corrected chi connectivity index (χ3v) is 8.84. The lowest BCUT2D eigenvalue weighted by atomic mass is 9.93. The van der Waals surface area contributed by atoms with Crippen LogP contribution in [-0.2, 0) is 0 Å². The van der Waals surface area contributed by atoms with Gasteiger partial charge in [-0.3, -0.25) is 9.52 Å². The highest BCUT2D eigenvalue weighted by Gasteiger charge is 2.22. The van der Waals surface area contributed by atoms with Crippen molar-refractivity contribution < 1.29 is 24.2 Å². The second-order valence-electron chi connectivity index (χ2n) is 11.2. The van der Waals surface area contributed by atoms with Gasteiger partial charge in [0.05, 0.1) is 17.4 Å². The van der Waals surface area contributed by atoms with Crippen LogP contribution in [0.1, 0.15) is 52.0 Å². The van der Waals surface area contributed by atoms with Crippen molar-refractivity contribution in [3.8, 4) is 17.2 Å². The Labute approximate surface area is 276 Å². The van der Waals surface area contributed by atoms with Crippen LogP contribution < -0.4 is 19.5 Å². The maximum atomic E-state index is 12.7. The number of rotatable bonds is 10. The van der Waals surface area contributed by atoms with Gasteiger partial charge in [-0.1, -0.05) is 42.0 Å². The molecule has 9 nitrogen and oxygen atoms in total. The Kier molecular flexibility index (Phi) is 11.2. The molecule has 240 valence electrons. The predicted molar refractivity (Wildman–Crippen MR) is 185 cm³/mol. The molecule has 10 heteroatoms. The molecule has 0 aliphatic heterocycles. The summed E-state index contributed by atoms with van der Waals surface area (Å²) in [4.78, 5) is 39.4. The molecule has 1 aliphatic rings. The Morgan fingerprint density at radius 1 is 0.745 bits per heavy atom. The van der Waals surface area contributed by atoms with Gasteiger partial charge in [0, 0.05) is 26.4 Å². The zero-order valence-electron chi connectivity index (χ0n) is 25.7. The molecule has 0 aromatic heterocycles. The van der Waals surface area contributed by atoms with Crippen molar-refractivity contribution >= 4 is 40.3 Å². The van der Waals surface area contributed by atoms with Crippen LogP contribution >= 0.6 is 11.9 Å². The molecule has 0 atom stereocenters. The largest absolute Gasteiger partial charge is 0.490 e. The average Bonchev–Trinajstić information content (AvgIpc) is 3.10. The first-order valence-electron chi connectivity index (χ1n) is 15.2. The quantitative estimate of drug-likeness (QED) is 0.127. The van der Waals surface area contributed by atoms with Crippen LogP contribution in [0.4, 0.5) is 5.69 Å². The molecule has 1 amide bonds. The van der Waals surface area contributed by atoms with Gasteiger partial charge in [0.1, 0.15) is 17.2 Å². The fourth-order valence-corrected chi connectivity index (χ4v) is 6.18. The minimum absolute atomic E-state index is 0.0323. The highest BCUT2D eigenvalue weighted by atomic mass is 32.2. The first kappa shape index (κ1) is 33.2. The Morgan fingerprint density at radius 3 is 2.04 bits per heavy atom. The number of aromatic carboxylic acids is 1. The summed E-state index contributed by atoms with van der Waals surface area (Å²) in [5, 5.41) is 14.1. The van der Waals surface area contributed by atoms with E-state index in [9.17, 15) is 14.7 Å². The molecule has 1 fully saturated rings. The van der Waals surface area contributed by atoms with Crippen LogP contribution in [0.25, 0.3) is 10.8 Å². The zero-order valence-corrected chi connectivity index (χ0v) is 26.5. The molecule has 0 saturated heterocycles. The molecule has 1 saturated carbocycles. The van der Waals surface area contributed by atoms with Crippen LogP contribution in [0, 0.1) is 16.9 Å². The number of aryl methyl sites for hydroxylation is 1. The van der Waals surface area contributed by atoms with E-state index < -0.39 is 11.9 Å². The Bertz CT molecular complexity index is 1820. The van der Waals surface area contributed by atoms with E-state index in [1.54, 1.807) is 54.4 Å². The van der Waals surface area contributed by atoms with E-state index >= 15 is 0 Å². The van der Waals surface area contributed by atoms with Crippen LogP contribution in [0.15, 0.2) is 114 Å². The zero-order chi connectivity index (χ0) is 33.2. The summed E-state index contributed by atoms with van der Waals surface area (Å²) in [6, 6.07) is 34.1. The number of anilines is 1. The van der Waals surface area contributed by atoms with Crippen molar-refractivity contribution in [2.45, 2.75) is 49.6 Å².